The Morgan fingerprint density at radius 3 is 2.35 bits per heavy atom. The minimum atomic E-state index is -2.88. The first-order chi connectivity index (χ1) is 12.5. The fourth-order valence-corrected chi connectivity index (χ4v) is 3.48. The van der Waals surface area contributed by atoms with Gasteiger partial charge in [-0.25, -0.2) is 4.79 Å². The number of nitrogens with one attached hydrogen (secondary N) is 1. The van der Waals surface area contributed by atoms with Gasteiger partial charge in [-0.15, -0.1) is 0 Å². The van der Waals surface area contributed by atoms with Crippen LogP contribution < -0.4 is 10.1 Å². The van der Waals surface area contributed by atoms with E-state index in [2.05, 4.69) is 10.1 Å². The van der Waals surface area contributed by atoms with Crippen molar-refractivity contribution in [3.63, 3.8) is 0 Å². The summed E-state index contributed by atoms with van der Waals surface area (Å²) in [6.45, 7) is -0.243. The molecule has 1 aromatic rings. The summed E-state index contributed by atoms with van der Waals surface area (Å²) in [5.74, 6) is 0.0372. The zero-order chi connectivity index (χ0) is 18.5. The highest BCUT2D eigenvalue weighted by molar-refractivity contribution is 5.90. The number of urea groups is 1. The quantitative estimate of drug-likeness (QED) is 0.889. The normalized spacial score (nSPS) is 20.3. The minimum Gasteiger partial charge on any atom is -0.435 e. The largest absolute Gasteiger partial charge is 0.435 e. The number of alkyl halides is 2. The lowest BCUT2D eigenvalue weighted by Crippen LogP contribution is -2.47. The molecular weight excluding hydrogens is 344 g/mol. The summed E-state index contributed by atoms with van der Waals surface area (Å²) < 4.78 is 28.6. The summed E-state index contributed by atoms with van der Waals surface area (Å²) >= 11 is 0. The Bertz CT molecular complexity index is 633. The van der Waals surface area contributed by atoms with Gasteiger partial charge in [0.25, 0.3) is 0 Å². The van der Waals surface area contributed by atoms with Crippen LogP contribution in [0.1, 0.15) is 25.7 Å². The van der Waals surface area contributed by atoms with Crippen LogP contribution in [0, 0.1) is 5.92 Å². The maximum absolute atomic E-state index is 12.5. The summed E-state index contributed by atoms with van der Waals surface area (Å²) in [5, 5.41) is 2.74. The number of ether oxygens (including phenoxy) is 1. The molecule has 1 atom stereocenters. The first-order valence-electron chi connectivity index (χ1n) is 8.92. The van der Waals surface area contributed by atoms with Gasteiger partial charge in [0.2, 0.25) is 5.91 Å². The van der Waals surface area contributed by atoms with E-state index in [0.29, 0.717) is 18.8 Å². The molecule has 2 aliphatic heterocycles. The third-order valence-corrected chi connectivity index (χ3v) is 4.81. The van der Waals surface area contributed by atoms with E-state index in [1.807, 2.05) is 4.90 Å². The zero-order valence-corrected chi connectivity index (χ0v) is 14.5. The lowest BCUT2D eigenvalue weighted by molar-refractivity contribution is -0.135. The van der Waals surface area contributed by atoms with E-state index in [-0.39, 0.29) is 23.6 Å². The molecule has 2 saturated heterocycles. The van der Waals surface area contributed by atoms with Crippen LogP contribution in [0.15, 0.2) is 24.3 Å². The van der Waals surface area contributed by atoms with Crippen molar-refractivity contribution in [1.82, 2.24) is 9.80 Å². The number of hydrogen-bond donors (Lipinski definition) is 1. The van der Waals surface area contributed by atoms with Crippen molar-refractivity contribution < 1.29 is 23.1 Å². The fourth-order valence-electron chi connectivity index (χ4n) is 3.48. The van der Waals surface area contributed by atoms with Gasteiger partial charge in [0.1, 0.15) is 5.75 Å². The Labute approximate surface area is 151 Å². The summed E-state index contributed by atoms with van der Waals surface area (Å²) in [4.78, 5) is 28.5. The number of rotatable bonds is 4. The molecule has 0 saturated carbocycles. The maximum atomic E-state index is 12.5. The highest BCUT2D eigenvalue weighted by Crippen LogP contribution is 2.23. The van der Waals surface area contributed by atoms with Crippen LogP contribution in [0.5, 0.6) is 5.75 Å². The Hall–Kier alpha value is -2.38. The van der Waals surface area contributed by atoms with Crippen molar-refractivity contribution in [2.75, 3.05) is 31.5 Å². The summed E-state index contributed by atoms with van der Waals surface area (Å²) in [5.41, 5.74) is 0.490. The maximum Gasteiger partial charge on any atom is 0.387 e. The van der Waals surface area contributed by atoms with Crippen LogP contribution in [0.3, 0.4) is 0 Å². The standard InChI is InChI=1S/C18H23F2N3O3/c19-17(20)26-15-7-5-14(6-8-15)21-18(25)23-11-3-4-13(12-23)16(24)22-9-1-2-10-22/h5-8,13,17H,1-4,9-12H2,(H,21,25)/t13-/m1/s1. The Morgan fingerprint density at radius 2 is 1.69 bits per heavy atom. The molecule has 2 fully saturated rings. The average Bonchev–Trinajstić information content (AvgIpc) is 3.17. The van der Waals surface area contributed by atoms with Crippen molar-refractivity contribution in [3.8, 4) is 5.75 Å². The molecule has 1 aromatic carbocycles. The van der Waals surface area contributed by atoms with E-state index < -0.39 is 6.61 Å². The molecular formula is C18H23F2N3O3. The Morgan fingerprint density at radius 1 is 1.04 bits per heavy atom. The van der Waals surface area contributed by atoms with Crippen molar-refractivity contribution in [1.29, 1.82) is 0 Å². The van der Waals surface area contributed by atoms with Crippen LogP contribution in [-0.4, -0.2) is 54.5 Å². The SMILES string of the molecule is O=C(Nc1ccc(OC(F)F)cc1)N1CCC[C@@H](C(=O)N2CCCC2)C1. The van der Waals surface area contributed by atoms with Crippen LogP contribution in [0.2, 0.25) is 0 Å². The van der Waals surface area contributed by atoms with Crippen LogP contribution in [-0.2, 0) is 4.79 Å². The van der Waals surface area contributed by atoms with E-state index in [1.54, 1.807) is 4.90 Å². The van der Waals surface area contributed by atoms with Crippen LogP contribution in [0.25, 0.3) is 0 Å². The molecule has 0 spiro atoms. The first-order valence-corrected chi connectivity index (χ1v) is 8.92. The highest BCUT2D eigenvalue weighted by Gasteiger charge is 2.32. The van der Waals surface area contributed by atoms with Gasteiger partial charge in [0, 0.05) is 31.9 Å². The van der Waals surface area contributed by atoms with E-state index in [1.165, 1.54) is 24.3 Å². The Kier molecular flexibility index (Phi) is 5.90. The van der Waals surface area contributed by atoms with Gasteiger partial charge in [0.15, 0.2) is 0 Å². The van der Waals surface area contributed by atoms with Gasteiger partial charge in [-0.2, -0.15) is 8.78 Å². The molecule has 2 aliphatic rings. The monoisotopic (exact) mass is 367 g/mol. The fraction of sp³-hybridized carbons (Fsp3) is 0.556. The summed E-state index contributed by atoms with van der Waals surface area (Å²) in [7, 11) is 0. The molecule has 26 heavy (non-hydrogen) atoms. The van der Waals surface area contributed by atoms with E-state index in [0.717, 1.165) is 38.8 Å². The van der Waals surface area contributed by atoms with E-state index >= 15 is 0 Å². The third-order valence-electron chi connectivity index (χ3n) is 4.81. The number of nitrogens with zero attached hydrogens (tertiary/aromatic N) is 2. The predicted molar refractivity (Wildman–Crippen MR) is 92.2 cm³/mol. The minimum absolute atomic E-state index is 0.0345. The zero-order valence-electron chi connectivity index (χ0n) is 14.5. The molecule has 142 valence electrons. The summed E-state index contributed by atoms with van der Waals surface area (Å²) in [6.07, 6.45) is 3.69. The lowest BCUT2D eigenvalue weighted by atomic mass is 9.97. The molecule has 0 radical (unpaired) electrons. The number of piperidine rings is 1. The molecule has 8 heteroatoms. The van der Waals surface area contributed by atoms with Crippen molar-refractivity contribution in [2.45, 2.75) is 32.3 Å². The van der Waals surface area contributed by atoms with Crippen LogP contribution in [0.4, 0.5) is 19.3 Å². The molecule has 3 amide bonds. The molecule has 6 nitrogen and oxygen atoms in total. The number of benzene rings is 1. The molecule has 1 N–H and O–H groups in total. The second kappa shape index (κ2) is 8.33. The molecule has 0 bridgehead atoms. The molecule has 0 aliphatic carbocycles. The number of hydrogen-bond acceptors (Lipinski definition) is 3. The lowest BCUT2D eigenvalue weighted by Gasteiger charge is -2.33. The van der Waals surface area contributed by atoms with Gasteiger partial charge >= 0.3 is 12.6 Å². The number of carbonyl (C=O) groups excluding carboxylic acids is 2. The van der Waals surface area contributed by atoms with E-state index in [9.17, 15) is 18.4 Å². The average molecular weight is 367 g/mol. The molecule has 0 aromatic heterocycles. The smallest absolute Gasteiger partial charge is 0.387 e. The molecule has 2 heterocycles. The first kappa shape index (κ1) is 18.4. The number of amides is 3. The number of halogens is 2. The second-order valence-corrected chi connectivity index (χ2v) is 6.65. The van der Waals surface area contributed by atoms with E-state index in [4.69, 9.17) is 0 Å². The Balaban J connectivity index is 1.54. The van der Waals surface area contributed by atoms with Gasteiger partial charge in [-0.1, -0.05) is 0 Å². The van der Waals surface area contributed by atoms with Crippen LogP contribution >= 0.6 is 0 Å². The van der Waals surface area contributed by atoms with Gasteiger partial charge in [-0.3, -0.25) is 4.79 Å². The number of anilines is 1. The molecule has 3 rings (SSSR count). The molecule has 0 unspecified atom stereocenters. The van der Waals surface area contributed by atoms with Gasteiger partial charge in [0.05, 0.1) is 5.92 Å². The van der Waals surface area contributed by atoms with Gasteiger partial charge in [-0.05, 0) is 49.9 Å². The van der Waals surface area contributed by atoms with Gasteiger partial charge < -0.3 is 19.9 Å². The predicted octanol–water partition coefficient (Wildman–Crippen LogP) is 3.15. The van der Waals surface area contributed by atoms with Crippen molar-refractivity contribution in [3.05, 3.63) is 24.3 Å². The summed E-state index contributed by atoms with van der Waals surface area (Å²) in [6, 6.07) is 5.47. The topological polar surface area (TPSA) is 61.9 Å². The van der Waals surface area contributed by atoms with Crippen molar-refractivity contribution in [2.24, 2.45) is 5.92 Å². The third kappa shape index (κ3) is 4.62. The highest BCUT2D eigenvalue weighted by atomic mass is 19.3. The second-order valence-electron chi connectivity index (χ2n) is 6.65. The van der Waals surface area contributed by atoms with Crippen molar-refractivity contribution >= 4 is 17.6 Å². The number of likely N-dealkylation sites (tertiary alicyclic amines) is 2. The number of carbonyl (C=O) groups is 2.